The number of hydrogen-bond donors (Lipinski definition) is 0. The van der Waals surface area contributed by atoms with E-state index in [0.29, 0.717) is 0 Å². The maximum absolute atomic E-state index is 7.07. The van der Waals surface area contributed by atoms with Gasteiger partial charge in [0.2, 0.25) is 0 Å². The second kappa shape index (κ2) is 10.4. The molecule has 0 saturated heterocycles. The van der Waals surface area contributed by atoms with Gasteiger partial charge in [-0.25, -0.2) is 0 Å². The number of fused-ring (bicyclic) bond motifs is 5. The Morgan fingerprint density at radius 3 is 2.09 bits per heavy atom. The van der Waals surface area contributed by atoms with E-state index in [9.17, 15) is 0 Å². The molecule has 9 rings (SSSR count). The summed E-state index contributed by atoms with van der Waals surface area (Å²) in [6.45, 7) is 6.83. The van der Waals surface area contributed by atoms with E-state index in [2.05, 4.69) is 182 Å². The molecule has 0 bridgehead atoms. The van der Waals surface area contributed by atoms with Gasteiger partial charge in [-0.1, -0.05) is 123 Å². The van der Waals surface area contributed by atoms with Gasteiger partial charge in [0.1, 0.15) is 0 Å². The second-order valence-electron chi connectivity index (χ2n) is 13.1. The van der Waals surface area contributed by atoms with Gasteiger partial charge >= 0.3 is 0 Å². The third-order valence-corrected chi connectivity index (χ3v) is 9.93. The fourth-order valence-corrected chi connectivity index (χ4v) is 7.55. The Bertz CT molecular complexity index is 2320. The molecule has 47 heavy (non-hydrogen) atoms. The van der Waals surface area contributed by atoms with Crippen LogP contribution in [0.15, 0.2) is 152 Å². The molecule has 0 amide bonds. The predicted octanol–water partition coefficient (Wildman–Crippen LogP) is 12.5. The van der Waals surface area contributed by atoms with E-state index < -0.39 is 0 Å². The van der Waals surface area contributed by atoms with Gasteiger partial charge in [0.25, 0.3) is 0 Å². The highest BCUT2D eigenvalue weighted by Crippen LogP contribution is 2.63. The van der Waals surface area contributed by atoms with E-state index >= 15 is 0 Å². The average Bonchev–Trinajstić information content (AvgIpc) is 3.11. The Morgan fingerprint density at radius 1 is 0.553 bits per heavy atom. The highest BCUT2D eigenvalue weighted by molar-refractivity contribution is 5.99. The first-order valence-electron chi connectivity index (χ1n) is 16.3. The molecule has 3 nitrogen and oxygen atoms in total. The van der Waals surface area contributed by atoms with E-state index in [1.54, 1.807) is 0 Å². The molecule has 0 saturated carbocycles. The van der Waals surface area contributed by atoms with Crippen molar-refractivity contribution in [2.24, 2.45) is 0 Å². The maximum atomic E-state index is 7.07. The minimum absolute atomic E-state index is 0.218. The van der Waals surface area contributed by atoms with Crippen LogP contribution < -0.4 is 14.5 Å². The van der Waals surface area contributed by atoms with Crippen LogP contribution in [-0.4, -0.2) is 0 Å². The normalized spacial score (nSPS) is 13.7. The Kier molecular flexibility index (Phi) is 6.07. The van der Waals surface area contributed by atoms with Crippen molar-refractivity contribution >= 4 is 44.9 Å². The molecule has 7 aromatic carbocycles. The zero-order valence-corrected chi connectivity index (χ0v) is 26.7. The Hall–Kier alpha value is -5.80. The van der Waals surface area contributed by atoms with Crippen LogP contribution in [0.3, 0.4) is 0 Å². The molecular formula is C44H34N2O. The van der Waals surface area contributed by atoms with Crippen LogP contribution in [0.4, 0.5) is 34.1 Å². The van der Waals surface area contributed by atoms with Crippen LogP contribution in [0.5, 0.6) is 11.5 Å². The van der Waals surface area contributed by atoms with Crippen LogP contribution in [-0.2, 0) is 5.41 Å². The lowest BCUT2D eigenvalue weighted by molar-refractivity contribution is 0.472. The summed E-state index contributed by atoms with van der Waals surface area (Å²) >= 11 is 0. The van der Waals surface area contributed by atoms with Crippen molar-refractivity contribution in [3.05, 3.63) is 168 Å². The van der Waals surface area contributed by atoms with Crippen molar-refractivity contribution in [2.75, 3.05) is 9.80 Å². The summed E-state index contributed by atoms with van der Waals surface area (Å²) in [5, 5.41) is 2.41. The molecule has 0 spiro atoms. The van der Waals surface area contributed by atoms with Crippen LogP contribution in [0.25, 0.3) is 21.9 Å². The zero-order chi connectivity index (χ0) is 31.7. The molecule has 0 atom stereocenters. The van der Waals surface area contributed by atoms with Gasteiger partial charge in [0.15, 0.2) is 11.5 Å². The third-order valence-electron chi connectivity index (χ3n) is 9.93. The molecule has 0 aliphatic carbocycles. The highest BCUT2D eigenvalue weighted by Gasteiger charge is 2.43. The quantitative estimate of drug-likeness (QED) is 0.198. The molecule has 0 fully saturated rings. The summed E-state index contributed by atoms with van der Waals surface area (Å²) < 4.78 is 7.07. The molecule has 0 N–H and O–H groups in total. The number of aryl methyl sites for hydroxylation is 1. The van der Waals surface area contributed by atoms with Gasteiger partial charge in [-0.15, -0.1) is 0 Å². The first kappa shape index (κ1) is 27.5. The standard InChI is InChI=1S/C44H34N2O/c1-29-12-11-19-40-41(29)46-38-18-10-9-17-36(38)44(2,3)37-26-27-39(43(47-40)42(37)46)45(35-25-22-31-15-7-8-16-33(31)28-35)34-23-20-32(21-24-34)30-13-5-4-6-14-30/h4-28H,1-3H3. The lowest BCUT2D eigenvalue weighted by atomic mass is 9.73. The third kappa shape index (κ3) is 4.20. The monoisotopic (exact) mass is 606 g/mol. The number of nitrogens with zero attached hydrogens (tertiary/aromatic N) is 2. The zero-order valence-electron chi connectivity index (χ0n) is 26.7. The van der Waals surface area contributed by atoms with Gasteiger partial charge in [-0.2, -0.15) is 0 Å². The lowest BCUT2D eigenvalue weighted by Gasteiger charge is -2.46. The van der Waals surface area contributed by atoms with Crippen molar-refractivity contribution in [1.29, 1.82) is 0 Å². The molecule has 226 valence electrons. The van der Waals surface area contributed by atoms with E-state index in [1.165, 1.54) is 44.3 Å². The minimum atomic E-state index is -0.218. The number of rotatable bonds is 4. The van der Waals surface area contributed by atoms with E-state index in [0.717, 1.165) is 39.9 Å². The van der Waals surface area contributed by atoms with E-state index in [-0.39, 0.29) is 5.41 Å². The van der Waals surface area contributed by atoms with Gasteiger partial charge < -0.3 is 14.5 Å². The number of ether oxygens (including phenoxy) is 1. The Morgan fingerprint density at radius 2 is 1.26 bits per heavy atom. The van der Waals surface area contributed by atoms with Gasteiger partial charge in [0, 0.05) is 16.8 Å². The second-order valence-corrected chi connectivity index (χ2v) is 13.1. The van der Waals surface area contributed by atoms with Crippen molar-refractivity contribution in [1.82, 2.24) is 0 Å². The molecule has 3 heteroatoms. The van der Waals surface area contributed by atoms with Crippen LogP contribution in [0.1, 0.15) is 30.5 Å². The van der Waals surface area contributed by atoms with E-state index in [1.807, 2.05) is 0 Å². The Balaban J connectivity index is 1.31. The van der Waals surface area contributed by atoms with Gasteiger partial charge in [0.05, 0.1) is 22.7 Å². The van der Waals surface area contributed by atoms with Gasteiger partial charge in [-0.3, -0.25) is 0 Å². The number of hydrogen-bond acceptors (Lipinski definition) is 3. The number of benzene rings is 7. The van der Waals surface area contributed by atoms with Crippen molar-refractivity contribution < 1.29 is 4.74 Å². The van der Waals surface area contributed by atoms with Crippen molar-refractivity contribution in [2.45, 2.75) is 26.2 Å². The SMILES string of the molecule is Cc1cccc2c1N1c3ccccc3C(C)(C)c3ccc(N(c4ccc(-c5ccccc5)cc4)c4ccc5ccccc5c4)c(c31)O2. The molecule has 2 aliphatic heterocycles. The summed E-state index contributed by atoms with van der Waals surface area (Å²) in [5.41, 5.74) is 12.5. The number of para-hydroxylation sites is 2. The van der Waals surface area contributed by atoms with E-state index in [4.69, 9.17) is 4.74 Å². The summed E-state index contributed by atoms with van der Waals surface area (Å²) in [7, 11) is 0. The number of anilines is 6. The maximum Gasteiger partial charge on any atom is 0.175 e. The summed E-state index contributed by atoms with van der Waals surface area (Å²) in [5.74, 6) is 1.73. The molecule has 0 radical (unpaired) electrons. The Labute approximate surface area is 275 Å². The lowest BCUT2D eigenvalue weighted by Crippen LogP contribution is -2.33. The van der Waals surface area contributed by atoms with Crippen LogP contribution >= 0.6 is 0 Å². The minimum Gasteiger partial charge on any atom is -0.451 e. The van der Waals surface area contributed by atoms with Crippen molar-refractivity contribution in [3.63, 3.8) is 0 Å². The fraction of sp³-hybridized carbons (Fsp3) is 0.0909. The molecule has 7 aromatic rings. The summed E-state index contributed by atoms with van der Waals surface area (Å²) in [4.78, 5) is 4.79. The van der Waals surface area contributed by atoms with Crippen LogP contribution in [0.2, 0.25) is 0 Å². The molecule has 0 aromatic heterocycles. The predicted molar refractivity (Wildman–Crippen MR) is 196 cm³/mol. The van der Waals surface area contributed by atoms with Crippen molar-refractivity contribution in [3.8, 4) is 22.6 Å². The largest absolute Gasteiger partial charge is 0.451 e. The average molecular weight is 607 g/mol. The first-order valence-corrected chi connectivity index (χ1v) is 16.3. The smallest absolute Gasteiger partial charge is 0.175 e. The molecule has 2 heterocycles. The highest BCUT2D eigenvalue weighted by atomic mass is 16.5. The summed E-state index contributed by atoms with van der Waals surface area (Å²) in [6.07, 6.45) is 0. The van der Waals surface area contributed by atoms with Gasteiger partial charge in [-0.05, 0) is 88.0 Å². The fourth-order valence-electron chi connectivity index (χ4n) is 7.55. The molecular weight excluding hydrogens is 572 g/mol. The molecule has 2 aliphatic rings. The first-order chi connectivity index (χ1) is 23.0. The van der Waals surface area contributed by atoms with Crippen LogP contribution in [0, 0.1) is 6.92 Å². The molecule has 0 unspecified atom stereocenters. The summed E-state index contributed by atoms with van der Waals surface area (Å²) in [6, 6.07) is 54.4. The topological polar surface area (TPSA) is 15.7 Å².